The van der Waals surface area contributed by atoms with Gasteiger partial charge in [-0.3, -0.25) is 0 Å². The van der Waals surface area contributed by atoms with Crippen LogP contribution in [0, 0.1) is 17.6 Å². The smallest absolute Gasteiger partial charge is 0.426 e. The molecule has 0 heterocycles. The number of rotatable bonds is 11. The van der Waals surface area contributed by atoms with Gasteiger partial charge in [-0.1, -0.05) is 62.9 Å². The first-order valence-electron chi connectivity index (χ1n) is 13.4. The van der Waals surface area contributed by atoms with Crippen LogP contribution in [0.5, 0.6) is 11.5 Å². The van der Waals surface area contributed by atoms with Crippen LogP contribution < -0.4 is 9.47 Å². The van der Waals surface area contributed by atoms with Crippen molar-refractivity contribution in [1.29, 1.82) is 0 Å². The van der Waals surface area contributed by atoms with Crippen molar-refractivity contribution < 1.29 is 35.8 Å². The van der Waals surface area contributed by atoms with Gasteiger partial charge in [-0.25, -0.2) is 8.78 Å². The minimum atomic E-state index is -3.73. The Labute approximate surface area is 225 Å². The van der Waals surface area contributed by atoms with E-state index in [1.165, 1.54) is 62.1 Å². The summed E-state index contributed by atoms with van der Waals surface area (Å²) >= 11 is 0. The predicted molar refractivity (Wildman–Crippen MR) is 138 cm³/mol. The molecule has 0 unspecified atom stereocenters. The van der Waals surface area contributed by atoms with Crippen molar-refractivity contribution in [2.75, 3.05) is 0 Å². The zero-order valence-electron chi connectivity index (χ0n) is 21.7. The zero-order chi connectivity index (χ0) is 28.0. The van der Waals surface area contributed by atoms with E-state index in [4.69, 9.17) is 4.74 Å². The summed E-state index contributed by atoms with van der Waals surface area (Å²) in [6.45, 7) is -1.23. The van der Waals surface area contributed by atoms with Crippen LogP contribution in [-0.2, 0) is 6.11 Å². The molecule has 8 heteroatoms. The standard InChI is InChI=1S/C31H32F6O2/c1-2-3-4-7-20-10-12-21(13-11-20)22-14-16-24(17-15-22)31(36,37)39-28-9-6-5-8-25(28)23-18-26(32)29(27(33)19-23)38-30(34)35/h5-6,8-9,14-21,30H,2-4,7,10-13H2,1H3. The van der Waals surface area contributed by atoms with E-state index < -0.39 is 30.1 Å². The van der Waals surface area contributed by atoms with Crippen molar-refractivity contribution in [2.24, 2.45) is 5.92 Å². The first-order valence-corrected chi connectivity index (χ1v) is 13.4. The molecule has 39 heavy (non-hydrogen) atoms. The number of alkyl halides is 4. The number of ether oxygens (including phenoxy) is 2. The molecule has 0 aliphatic heterocycles. The lowest BCUT2D eigenvalue weighted by Gasteiger charge is -2.29. The summed E-state index contributed by atoms with van der Waals surface area (Å²) in [6.07, 6.45) is 5.67. The fourth-order valence-electron chi connectivity index (χ4n) is 5.32. The summed E-state index contributed by atoms with van der Waals surface area (Å²) < 4.78 is 92.8. The number of unbranched alkanes of at least 4 members (excludes halogenated alkanes) is 2. The van der Waals surface area contributed by atoms with E-state index in [2.05, 4.69) is 11.7 Å². The Morgan fingerprint density at radius 1 is 0.872 bits per heavy atom. The van der Waals surface area contributed by atoms with Gasteiger partial charge in [-0.15, -0.1) is 0 Å². The lowest BCUT2D eigenvalue weighted by molar-refractivity contribution is -0.185. The highest BCUT2D eigenvalue weighted by Crippen LogP contribution is 2.41. The SMILES string of the molecule is CCCCCC1CCC(c2ccc(C(F)(F)Oc3ccccc3-c3cc(F)c(OC(F)F)c(F)c3)cc2)CC1. The van der Waals surface area contributed by atoms with Crippen molar-refractivity contribution in [3.8, 4) is 22.6 Å². The fraction of sp³-hybridized carbons (Fsp3) is 0.419. The van der Waals surface area contributed by atoms with Crippen molar-refractivity contribution in [3.05, 3.63) is 83.4 Å². The van der Waals surface area contributed by atoms with Gasteiger partial charge in [-0.05, 0) is 79.0 Å². The molecule has 1 aliphatic carbocycles. The van der Waals surface area contributed by atoms with Crippen molar-refractivity contribution in [3.63, 3.8) is 0 Å². The van der Waals surface area contributed by atoms with E-state index in [-0.39, 0.29) is 22.4 Å². The lowest BCUT2D eigenvalue weighted by atomic mass is 9.77. The number of halogens is 6. The van der Waals surface area contributed by atoms with Crippen LogP contribution >= 0.6 is 0 Å². The summed E-state index contributed by atoms with van der Waals surface area (Å²) in [5, 5.41) is 0. The topological polar surface area (TPSA) is 18.5 Å². The minimum Gasteiger partial charge on any atom is -0.429 e. The first kappa shape index (κ1) is 28.8. The van der Waals surface area contributed by atoms with Crippen molar-refractivity contribution in [2.45, 2.75) is 76.9 Å². The molecule has 0 bridgehead atoms. The Bertz CT molecular complexity index is 1200. The Morgan fingerprint density at radius 3 is 2.13 bits per heavy atom. The number of para-hydroxylation sites is 1. The van der Waals surface area contributed by atoms with Crippen LogP contribution in [0.4, 0.5) is 26.3 Å². The molecule has 0 radical (unpaired) electrons. The van der Waals surface area contributed by atoms with Gasteiger partial charge in [0.25, 0.3) is 0 Å². The molecular weight excluding hydrogens is 518 g/mol. The van der Waals surface area contributed by atoms with E-state index in [1.54, 1.807) is 12.1 Å². The largest absolute Gasteiger partial charge is 0.429 e. The van der Waals surface area contributed by atoms with Gasteiger partial charge in [0.15, 0.2) is 17.4 Å². The predicted octanol–water partition coefficient (Wildman–Crippen LogP) is 10.2. The highest BCUT2D eigenvalue weighted by atomic mass is 19.3. The third kappa shape index (κ3) is 7.28. The highest BCUT2D eigenvalue weighted by molar-refractivity contribution is 5.71. The summed E-state index contributed by atoms with van der Waals surface area (Å²) in [5.41, 5.74) is 0.468. The number of benzene rings is 3. The van der Waals surface area contributed by atoms with Crippen LogP contribution in [0.2, 0.25) is 0 Å². The molecule has 1 fully saturated rings. The number of hydrogen-bond acceptors (Lipinski definition) is 2. The molecule has 0 aromatic heterocycles. The van der Waals surface area contributed by atoms with Crippen molar-refractivity contribution in [1.82, 2.24) is 0 Å². The second-order valence-corrected chi connectivity index (χ2v) is 10.1. The van der Waals surface area contributed by atoms with E-state index in [1.807, 2.05) is 0 Å². The maximum atomic E-state index is 15.2. The molecular formula is C31H32F6O2. The zero-order valence-corrected chi connectivity index (χ0v) is 21.7. The van der Waals surface area contributed by atoms with Gasteiger partial charge in [-0.2, -0.15) is 17.6 Å². The Balaban J connectivity index is 1.47. The molecule has 0 spiro atoms. The summed E-state index contributed by atoms with van der Waals surface area (Å²) in [6, 6.07) is 13.1. The van der Waals surface area contributed by atoms with Gasteiger partial charge in [0, 0.05) is 5.56 Å². The summed E-state index contributed by atoms with van der Waals surface area (Å²) in [5.74, 6) is -3.26. The van der Waals surface area contributed by atoms with E-state index in [0.29, 0.717) is 5.92 Å². The first-order chi connectivity index (χ1) is 18.7. The fourth-order valence-corrected chi connectivity index (χ4v) is 5.32. The quantitative estimate of drug-likeness (QED) is 0.175. The molecule has 0 saturated heterocycles. The second kappa shape index (κ2) is 12.8. The molecule has 3 aromatic carbocycles. The molecule has 1 aliphatic rings. The third-order valence-corrected chi connectivity index (χ3v) is 7.42. The van der Waals surface area contributed by atoms with Gasteiger partial charge >= 0.3 is 12.7 Å². The van der Waals surface area contributed by atoms with E-state index in [9.17, 15) is 17.6 Å². The third-order valence-electron chi connectivity index (χ3n) is 7.42. The molecule has 0 amide bonds. The Hall–Kier alpha value is -3.16. The van der Waals surface area contributed by atoms with Gasteiger partial charge in [0.05, 0.1) is 5.56 Å². The minimum absolute atomic E-state index is 0.0362. The normalized spacial score (nSPS) is 17.8. The monoisotopic (exact) mass is 550 g/mol. The van der Waals surface area contributed by atoms with E-state index in [0.717, 1.165) is 49.3 Å². The summed E-state index contributed by atoms with van der Waals surface area (Å²) in [4.78, 5) is 0. The average molecular weight is 551 g/mol. The van der Waals surface area contributed by atoms with Crippen LogP contribution in [0.25, 0.3) is 11.1 Å². The molecule has 2 nitrogen and oxygen atoms in total. The van der Waals surface area contributed by atoms with Gasteiger partial charge in [0.2, 0.25) is 0 Å². The van der Waals surface area contributed by atoms with Crippen LogP contribution in [0.3, 0.4) is 0 Å². The highest BCUT2D eigenvalue weighted by Gasteiger charge is 2.36. The molecule has 3 aromatic rings. The van der Waals surface area contributed by atoms with Crippen LogP contribution in [0.15, 0.2) is 60.7 Å². The molecule has 1 saturated carbocycles. The molecule has 210 valence electrons. The van der Waals surface area contributed by atoms with Gasteiger partial charge in [0.1, 0.15) is 5.75 Å². The number of hydrogen-bond donors (Lipinski definition) is 0. The Morgan fingerprint density at radius 2 is 1.51 bits per heavy atom. The van der Waals surface area contributed by atoms with Crippen LogP contribution in [0.1, 0.15) is 75.3 Å². The molecule has 0 atom stereocenters. The molecule has 0 N–H and O–H groups in total. The van der Waals surface area contributed by atoms with Crippen LogP contribution in [-0.4, -0.2) is 6.61 Å². The van der Waals surface area contributed by atoms with Crippen molar-refractivity contribution >= 4 is 0 Å². The maximum Gasteiger partial charge on any atom is 0.426 e. The average Bonchev–Trinajstić information content (AvgIpc) is 2.91. The van der Waals surface area contributed by atoms with Gasteiger partial charge < -0.3 is 9.47 Å². The maximum absolute atomic E-state index is 15.2. The lowest BCUT2D eigenvalue weighted by Crippen LogP contribution is -2.22. The molecule has 4 rings (SSSR count). The Kier molecular flexibility index (Phi) is 9.46. The van der Waals surface area contributed by atoms with E-state index >= 15 is 8.78 Å². The second-order valence-electron chi connectivity index (χ2n) is 10.1. The summed E-state index contributed by atoms with van der Waals surface area (Å²) in [7, 11) is 0.